The van der Waals surface area contributed by atoms with Gasteiger partial charge in [-0.3, -0.25) is 9.52 Å². The zero-order valence-corrected chi connectivity index (χ0v) is 16.6. The number of nitrogens with one attached hydrogen (secondary N) is 1. The highest BCUT2D eigenvalue weighted by Gasteiger charge is 2.25. The van der Waals surface area contributed by atoms with Crippen LogP contribution in [0.15, 0.2) is 47.4 Å². The molecule has 1 saturated heterocycles. The monoisotopic (exact) mass is 402 g/mol. The number of amides is 1. The third-order valence-electron chi connectivity index (χ3n) is 4.51. The average Bonchev–Trinajstić information content (AvgIpc) is 3.07. The standard InChI is InChI=1S/C20H22N2O5S/c1-3-27-20(24)16-7-4-5-8-17(16)21-28(25,26)15-10-11-18(14(2)13-15)22-12-6-9-19(22)23/h4-5,7-8,10-11,13,21H,3,6,9,12H2,1-2H3. The third kappa shape index (κ3) is 4.01. The second-order valence-electron chi connectivity index (χ2n) is 6.47. The summed E-state index contributed by atoms with van der Waals surface area (Å²) in [5.74, 6) is -0.555. The smallest absolute Gasteiger partial charge is 0.340 e. The molecule has 2 aromatic carbocycles. The average molecular weight is 402 g/mol. The van der Waals surface area contributed by atoms with Gasteiger partial charge in [-0.15, -0.1) is 0 Å². The van der Waals surface area contributed by atoms with Gasteiger partial charge in [0.1, 0.15) is 0 Å². The van der Waals surface area contributed by atoms with E-state index >= 15 is 0 Å². The van der Waals surface area contributed by atoms with E-state index in [1.54, 1.807) is 36.9 Å². The summed E-state index contributed by atoms with van der Waals surface area (Å²) < 4.78 is 33.1. The van der Waals surface area contributed by atoms with E-state index in [2.05, 4.69) is 4.72 Å². The molecule has 0 spiro atoms. The Labute approximate surface area is 164 Å². The summed E-state index contributed by atoms with van der Waals surface area (Å²) in [5, 5.41) is 0. The van der Waals surface area contributed by atoms with Gasteiger partial charge >= 0.3 is 5.97 Å². The van der Waals surface area contributed by atoms with Crippen LogP contribution in [0.3, 0.4) is 0 Å². The molecule has 0 aromatic heterocycles. The van der Waals surface area contributed by atoms with E-state index in [0.717, 1.165) is 6.42 Å². The predicted octanol–water partition coefficient (Wildman–Crippen LogP) is 3.10. The lowest BCUT2D eigenvalue weighted by atomic mass is 10.2. The van der Waals surface area contributed by atoms with E-state index in [4.69, 9.17) is 4.74 Å². The highest BCUT2D eigenvalue weighted by molar-refractivity contribution is 7.92. The maximum absolute atomic E-state index is 12.8. The lowest BCUT2D eigenvalue weighted by molar-refractivity contribution is -0.117. The Morgan fingerprint density at radius 1 is 1.21 bits per heavy atom. The van der Waals surface area contributed by atoms with Crippen molar-refractivity contribution >= 4 is 33.3 Å². The molecule has 0 atom stereocenters. The number of benzene rings is 2. The fourth-order valence-electron chi connectivity index (χ4n) is 3.16. The minimum Gasteiger partial charge on any atom is -0.462 e. The highest BCUT2D eigenvalue weighted by atomic mass is 32.2. The SMILES string of the molecule is CCOC(=O)c1ccccc1NS(=O)(=O)c1ccc(N2CCCC2=O)c(C)c1. The van der Waals surface area contributed by atoms with Gasteiger partial charge in [0.2, 0.25) is 5.91 Å². The number of aryl methyl sites for hydroxylation is 1. The fraction of sp³-hybridized carbons (Fsp3) is 0.300. The first-order valence-corrected chi connectivity index (χ1v) is 10.5. The molecule has 1 aliphatic rings. The van der Waals surface area contributed by atoms with Crippen molar-refractivity contribution in [1.29, 1.82) is 0 Å². The summed E-state index contributed by atoms with van der Waals surface area (Å²) in [7, 11) is -3.92. The number of esters is 1. The van der Waals surface area contributed by atoms with Gasteiger partial charge in [-0.1, -0.05) is 12.1 Å². The van der Waals surface area contributed by atoms with Crippen LogP contribution in [0.1, 0.15) is 35.7 Å². The topological polar surface area (TPSA) is 92.8 Å². The molecule has 1 amide bonds. The van der Waals surface area contributed by atoms with Crippen LogP contribution in [-0.2, 0) is 19.6 Å². The molecule has 1 heterocycles. The van der Waals surface area contributed by atoms with Crippen LogP contribution in [0.5, 0.6) is 0 Å². The van der Waals surface area contributed by atoms with Crippen LogP contribution < -0.4 is 9.62 Å². The zero-order chi connectivity index (χ0) is 20.3. The number of anilines is 2. The number of sulfonamides is 1. The maximum atomic E-state index is 12.8. The summed E-state index contributed by atoms with van der Waals surface area (Å²) in [6, 6.07) is 10.9. The number of carbonyl (C=O) groups excluding carboxylic acids is 2. The predicted molar refractivity (Wildman–Crippen MR) is 106 cm³/mol. The largest absolute Gasteiger partial charge is 0.462 e. The maximum Gasteiger partial charge on any atom is 0.340 e. The molecule has 3 rings (SSSR count). The molecule has 0 radical (unpaired) electrons. The lowest BCUT2D eigenvalue weighted by Gasteiger charge is -2.19. The Hall–Kier alpha value is -2.87. The van der Waals surface area contributed by atoms with Gasteiger partial charge in [0.15, 0.2) is 0 Å². The molecule has 148 valence electrons. The Bertz CT molecular complexity index is 1020. The molecule has 8 heteroatoms. The van der Waals surface area contributed by atoms with Crippen molar-refractivity contribution < 1.29 is 22.7 Å². The van der Waals surface area contributed by atoms with Crippen molar-refractivity contribution in [3.8, 4) is 0 Å². The first-order valence-electron chi connectivity index (χ1n) is 9.03. The van der Waals surface area contributed by atoms with Gasteiger partial charge in [0.25, 0.3) is 10.0 Å². The van der Waals surface area contributed by atoms with Gasteiger partial charge in [0, 0.05) is 18.7 Å². The zero-order valence-electron chi connectivity index (χ0n) is 15.8. The fourth-order valence-corrected chi connectivity index (χ4v) is 4.33. The Morgan fingerprint density at radius 3 is 2.61 bits per heavy atom. The highest BCUT2D eigenvalue weighted by Crippen LogP contribution is 2.28. The molecule has 1 N–H and O–H groups in total. The Kier molecular flexibility index (Phi) is 5.69. The molecule has 0 aliphatic carbocycles. The van der Waals surface area contributed by atoms with Crippen LogP contribution in [-0.4, -0.2) is 33.4 Å². The normalized spacial score (nSPS) is 14.2. The van der Waals surface area contributed by atoms with Gasteiger partial charge in [-0.05, 0) is 56.2 Å². The Balaban J connectivity index is 1.89. The first-order chi connectivity index (χ1) is 13.3. The van der Waals surface area contributed by atoms with Gasteiger partial charge < -0.3 is 9.64 Å². The molecule has 7 nitrogen and oxygen atoms in total. The van der Waals surface area contributed by atoms with E-state index in [-0.39, 0.29) is 28.7 Å². The number of para-hydroxylation sites is 1. The molecule has 2 aromatic rings. The van der Waals surface area contributed by atoms with Crippen LogP contribution in [0.25, 0.3) is 0 Å². The van der Waals surface area contributed by atoms with E-state index in [1.807, 2.05) is 0 Å². The number of rotatable bonds is 6. The van der Waals surface area contributed by atoms with Gasteiger partial charge in [0.05, 0.1) is 22.8 Å². The summed E-state index contributed by atoms with van der Waals surface area (Å²) >= 11 is 0. The number of carbonyl (C=O) groups is 2. The van der Waals surface area contributed by atoms with E-state index in [9.17, 15) is 18.0 Å². The van der Waals surface area contributed by atoms with Crippen LogP contribution >= 0.6 is 0 Å². The van der Waals surface area contributed by atoms with Crippen molar-refractivity contribution in [2.45, 2.75) is 31.6 Å². The minimum atomic E-state index is -3.92. The number of ether oxygens (including phenoxy) is 1. The molecular formula is C20H22N2O5S. The van der Waals surface area contributed by atoms with Crippen LogP contribution in [0.4, 0.5) is 11.4 Å². The molecule has 0 bridgehead atoms. The number of hydrogen-bond acceptors (Lipinski definition) is 5. The molecule has 1 fully saturated rings. The van der Waals surface area contributed by atoms with Gasteiger partial charge in [-0.25, -0.2) is 13.2 Å². The number of hydrogen-bond donors (Lipinski definition) is 1. The van der Waals surface area contributed by atoms with Crippen molar-refractivity contribution in [3.05, 3.63) is 53.6 Å². The second-order valence-corrected chi connectivity index (χ2v) is 8.15. The van der Waals surface area contributed by atoms with Crippen molar-refractivity contribution in [3.63, 3.8) is 0 Å². The summed E-state index contributed by atoms with van der Waals surface area (Å²) in [6.45, 7) is 4.28. The molecule has 28 heavy (non-hydrogen) atoms. The summed E-state index contributed by atoms with van der Waals surface area (Å²) in [5.41, 5.74) is 1.70. The van der Waals surface area contributed by atoms with Crippen molar-refractivity contribution in [1.82, 2.24) is 0 Å². The quantitative estimate of drug-likeness (QED) is 0.750. The Morgan fingerprint density at radius 2 is 1.96 bits per heavy atom. The minimum absolute atomic E-state index is 0.0418. The van der Waals surface area contributed by atoms with E-state index in [1.165, 1.54) is 24.3 Å². The molecule has 0 unspecified atom stereocenters. The van der Waals surface area contributed by atoms with Crippen LogP contribution in [0.2, 0.25) is 0 Å². The van der Waals surface area contributed by atoms with Crippen molar-refractivity contribution in [2.24, 2.45) is 0 Å². The molecule has 0 saturated carbocycles. The first kappa shape index (κ1) is 19.9. The third-order valence-corrected chi connectivity index (χ3v) is 5.87. The summed E-state index contributed by atoms with van der Waals surface area (Å²) in [6.07, 6.45) is 1.30. The molecule has 1 aliphatic heterocycles. The molecular weight excluding hydrogens is 380 g/mol. The van der Waals surface area contributed by atoms with Crippen molar-refractivity contribution in [2.75, 3.05) is 22.8 Å². The van der Waals surface area contributed by atoms with E-state index in [0.29, 0.717) is 24.2 Å². The van der Waals surface area contributed by atoms with Gasteiger partial charge in [-0.2, -0.15) is 0 Å². The van der Waals surface area contributed by atoms with Crippen LogP contribution in [0, 0.1) is 6.92 Å². The van der Waals surface area contributed by atoms with E-state index < -0.39 is 16.0 Å². The lowest BCUT2D eigenvalue weighted by Crippen LogP contribution is -2.24. The summed E-state index contributed by atoms with van der Waals surface area (Å²) in [4.78, 5) is 25.8. The number of nitrogens with zero attached hydrogens (tertiary/aromatic N) is 1. The second kappa shape index (κ2) is 8.02.